The molecule has 17 heavy (non-hydrogen) atoms. The maximum atomic E-state index is 9.17. The summed E-state index contributed by atoms with van der Waals surface area (Å²) >= 11 is 0. The molecule has 0 saturated carbocycles. The summed E-state index contributed by atoms with van der Waals surface area (Å²) < 4.78 is 10.6. The van der Waals surface area contributed by atoms with E-state index < -0.39 is 0 Å². The van der Waals surface area contributed by atoms with Gasteiger partial charge in [-0.2, -0.15) is 5.26 Å². The standard InChI is InChI=1S/C13H16N2O2/c1-9(11(7-14)15(2)3)10-4-5-12-13(6-10)17-8-16-12/h4-6,9,11H,8H2,1-3H3. The highest BCUT2D eigenvalue weighted by molar-refractivity contribution is 5.45. The molecule has 0 radical (unpaired) electrons. The lowest BCUT2D eigenvalue weighted by atomic mass is 9.93. The van der Waals surface area contributed by atoms with Gasteiger partial charge in [-0.15, -0.1) is 0 Å². The Kier molecular flexibility index (Phi) is 3.21. The molecular weight excluding hydrogens is 216 g/mol. The number of fused-ring (bicyclic) bond motifs is 1. The minimum absolute atomic E-state index is 0.129. The summed E-state index contributed by atoms with van der Waals surface area (Å²) in [6, 6.07) is 8.03. The molecule has 0 fully saturated rings. The van der Waals surface area contributed by atoms with E-state index in [2.05, 4.69) is 6.07 Å². The number of nitrogens with zero attached hydrogens (tertiary/aromatic N) is 2. The maximum absolute atomic E-state index is 9.17. The number of likely N-dealkylation sites (N-methyl/N-ethyl adjacent to an activating group) is 1. The number of benzene rings is 1. The molecule has 0 aliphatic carbocycles. The van der Waals surface area contributed by atoms with E-state index in [-0.39, 0.29) is 18.8 Å². The van der Waals surface area contributed by atoms with Gasteiger partial charge in [0.05, 0.1) is 6.07 Å². The second kappa shape index (κ2) is 4.64. The summed E-state index contributed by atoms with van der Waals surface area (Å²) in [4.78, 5) is 1.93. The van der Waals surface area contributed by atoms with Crippen molar-refractivity contribution >= 4 is 0 Å². The highest BCUT2D eigenvalue weighted by Crippen LogP contribution is 2.35. The van der Waals surface area contributed by atoms with Gasteiger partial charge in [-0.1, -0.05) is 13.0 Å². The Hall–Kier alpha value is -1.73. The third-order valence-electron chi connectivity index (χ3n) is 3.08. The Morgan fingerprint density at radius 3 is 2.65 bits per heavy atom. The number of ether oxygens (including phenoxy) is 2. The fourth-order valence-corrected chi connectivity index (χ4v) is 2.05. The molecule has 4 nitrogen and oxygen atoms in total. The first-order valence-electron chi connectivity index (χ1n) is 5.59. The van der Waals surface area contributed by atoms with E-state index in [1.54, 1.807) is 0 Å². The number of hydrogen-bond donors (Lipinski definition) is 0. The van der Waals surface area contributed by atoms with Crippen molar-refractivity contribution in [3.63, 3.8) is 0 Å². The number of hydrogen-bond acceptors (Lipinski definition) is 4. The van der Waals surface area contributed by atoms with Crippen LogP contribution in [0.5, 0.6) is 11.5 Å². The van der Waals surface area contributed by atoms with Gasteiger partial charge in [0.1, 0.15) is 6.04 Å². The summed E-state index contributed by atoms with van der Waals surface area (Å²) in [7, 11) is 3.83. The van der Waals surface area contributed by atoms with Gasteiger partial charge in [-0.05, 0) is 31.8 Å². The molecule has 2 atom stereocenters. The van der Waals surface area contributed by atoms with Gasteiger partial charge in [-0.3, -0.25) is 4.90 Å². The smallest absolute Gasteiger partial charge is 0.231 e. The molecule has 0 spiro atoms. The summed E-state index contributed by atoms with van der Waals surface area (Å²) in [6.45, 7) is 2.33. The number of rotatable bonds is 3. The lowest BCUT2D eigenvalue weighted by molar-refractivity contribution is 0.174. The van der Waals surface area contributed by atoms with Crippen LogP contribution in [-0.2, 0) is 0 Å². The van der Waals surface area contributed by atoms with Gasteiger partial charge in [0.2, 0.25) is 6.79 Å². The molecule has 2 unspecified atom stereocenters. The van der Waals surface area contributed by atoms with Crippen LogP contribution in [0.2, 0.25) is 0 Å². The molecule has 0 amide bonds. The summed E-state index contributed by atoms with van der Waals surface area (Å²) in [5.74, 6) is 1.67. The fourth-order valence-electron chi connectivity index (χ4n) is 2.05. The van der Waals surface area contributed by atoms with Crippen LogP contribution in [0.1, 0.15) is 18.4 Å². The molecule has 2 rings (SSSR count). The predicted molar refractivity (Wildman–Crippen MR) is 64.1 cm³/mol. The van der Waals surface area contributed by atoms with Gasteiger partial charge in [-0.25, -0.2) is 0 Å². The zero-order valence-corrected chi connectivity index (χ0v) is 10.3. The van der Waals surface area contributed by atoms with Crippen LogP contribution in [0.15, 0.2) is 18.2 Å². The fraction of sp³-hybridized carbons (Fsp3) is 0.462. The van der Waals surface area contributed by atoms with Crippen LogP contribution in [0.3, 0.4) is 0 Å². The summed E-state index contributed by atoms with van der Waals surface area (Å²) in [5.41, 5.74) is 1.09. The molecule has 1 heterocycles. The minimum Gasteiger partial charge on any atom is -0.454 e. The third-order valence-corrected chi connectivity index (χ3v) is 3.08. The molecule has 90 valence electrons. The minimum atomic E-state index is -0.143. The van der Waals surface area contributed by atoms with Crippen molar-refractivity contribution in [2.45, 2.75) is 18.9 Å². The largest absolute Gasteiger partial charge is 0.454 e. The second-order valence-electron chi connectivity index (χ2n) is 4.44. The molecule has 0 N–H and O–H groups in total. The SMILES string of the molecule is CC(c1ccc2c(c1)OCO2)C(C#N)N(C)C. The third kappa shape index (κ3) is 2.20. The molecule has 4 heteroatoms. The van der Waals surface area contributed by atoms with Crippen molar-refractivity contribution in [1.82, 2.24) is 4.90 Å². The first kappa shape index (κ1) is 11.7. The molecule has 1 aliphatic rings. The van der Waals surface area contributed by atoms with Crippen LogP contribution in [0.4, 0.5) is 0 Å². The van der Waals surface area contributed by atoms with E-state index >= 15 is 0 Å². The lowest BCUT2D eigenvalue weighted by Crippen LogP contribution is -2.31. The Morgan fingerprint density at radius 2 is 2.00 bits per heavy atom. The Balaban J connectivity index is 2.25. The molecule has 0 bridgehead atoms. The normalized spacial score (nSPS) is 16.6. The maximum Gasteiger partial charge on any atom is 0.231 e. The zero-order chi connectivity index (χ0) is 12.4. The van der Waals surface area contributed by atoms with E-state index in [9.17, 15) is 5.26 Å². The molecule has 1 aromatic rings. The van der Waals surface area contributed by atoms with Crippen LogP contribution in [0, 0.1) is 11.3 Å². The topological polar surface area (TPSA) is 45.5 Å². The van der Waals surface area contributed by atoms with Gasteiger partial charge >= 0.3 is 0 Å². The van der Waals surface area contributed by atoms with E-state index in [0.717, 1.165) is 17.1 Å². The van der Waals surface area contributed by atoms with E-state index in [1.165, 1.54) is 0 Å². The quantitative estimate of drug-likeness (QED) is 0.799. The van der Waals surface area contributed by atoms with Crippen molar-refractivity contribution in [2.75, 3.05) is 20.9 Å². The first-order valence-corrected chi connectivity index (χ1v) is 5.59. The average molecular weight is 232 g/mol. The van der Waals surface area contributed by atoms with Crippen LogP contribution in [-0.4, -0.2) is 31.8 Å². The second-order valence-corrected chi connectivity index (χ2v) is 4.44. The summed E-state index contributed by atoms with van der Waals surface area (Å²) in [5, 5.41) is 9.17. The number of nitriles is 1. The lowest BCUT2D eigenvalue weighted by Gasteiger charge is -2.24. The van der Waals surface area contributed by atoms with Gasteiger partial charge in [0.15, 0.2) is 11.5 Å². The van der Waals surface area contributed by atoms with Crippen LogP contribution >= 0.6 is 0 Å². The Bertz CT molecular complexity index is 451. The van der Waals surface area contributed by atoms with Crippen molar-refractivity contribution in [3.8, 4) is 17.6 Å². The molecule has 0 saturated heterocycles. The van der Waals surface area contributed by atoms with Gasteiger partial charge < -0.3 is 9.47 Å². The van der Waals surface area contributed by atoms with E-state index in [0.29, 0.717) is 0 Å². The highest BCUT2D eigenvalue weighted by atomic mass is 16.7. The van der Waals surface area contributed by atoms with E-state index in [4.69, 9.17) is 9.47 Å². The molecular formula is C13H16N2O2. The highest BCUT2D eigenvalue weighted by Gasteiger charge is 2.23. The molecule has 0 aromatic heterocycles. The van der Waals surface area contributed by atoms with Crippen molar-refractivity contribution < 1.29 is 9.47 Å². The zero-order valence-electron chi connectivity index (χ0n) is 10.3. The van der Waals surface area contributed by atoms with E-state index in [1.807, 2.05) is 44.1 Å². The predicted octanol–water partition coefficient (Wildman–Crippen LogP) is 1.97. The van der Waals surface area contributed by atoms with Gasteiger partial charge in [0, 0.05) is 5.92 Å². The molecule has 1 aromatic carbocycles. The Morgan fingerprint density at radius 1 is 1.29 bits per heavy atom. The first-order chi connectivity index (χ1) is 8.13. The molecule has 1 aliphatic heterocycles. The van der Waals surface area contributed by atoms with Crippen molar-refractivity contribution in [1.29, 1.82) is 5.26 Å². The average Bonchev–Trinajstić information content (AvgIpc) is 2.75. The van der Waals surface area contributed by atoms with Crippen LogP contribution in [0.25, 0.3) is 0 Å². The van der Waals surface area contributed by atoms with Crippen molar-refractivity contribution in [3.05, 3.63) is 23.8 Å². The van der Waals surface area contributed by atoms with Crippen molar-refractivity contribution in [2.24, 2.45) is 0 Å². The Labute approximate surface area is 101 Å². The van der Waals surface area contributed by atoms with Gasteiger partial charge in [0.25, 0.3) is 0 Å². The summed E-state index contributed by atoms with van der Waals surface area (Å²) in [6.07, 6.45) is 0. The van der Waals surface area contributed by atoms with Crippen LogP contribution < -0.4 is 9.47 Å². The monoisotopic (exact) mass is 232 g/mol.